The van der Waals surface area contributed by atoms with Crippen LogP contribution in [0.1, 0.15) is 11.3 Å². The SMILES string of the molecule is O=S(=O)(Nc1cccc(C=Cc2ccccn2)c1)c1ccc(F)c(F)c1F. The van der Waals surface area contributed by atoms with Gasteiger partial charge < -0.3 is 0 Å². The third kappa shape index (κ3) is 4.35. The van der Waals surface area contributed by atoms with E-state index < -0.39 is 32.4 Å². The molecule has 0 fully saturated rings. The topological polar surface area (TPSA) is 59.1 Å². The van der Waals surface area contributed by atoms with Crippen LogP contribution >= 0.6 is 0 Å². The highest BCUT2D eigenvalue weighted by molar-refractivity contribution is 7.92. The smallest absolute Gasteiger partial charge is 0.264 e. The minimum atomic E-state index is -4.44. The molecule has 138 valence electrons. The Bertz CT molecular complexity index is 1100. The maximum absolute atomic E-state index is 13.8. The summed E-state index contributed by atoms with van der Waals surface area (Å²) in [6, 6.07) is 12.9. The molecule has 4 nitrogen and oxygen atoms in total. The lowest BCUT2D eigenvalue weighted by Crippen LogP contribution is -2.15. The van der Waals surface area contributed by atoms with Crippen LogP contribution in [0.4, 0.5) is 18.9 Å². The lowest BCUT2D eigenvalue weighted by atomic mass is 10.2. The fourth-order valence-electron chi connectivity index (χ4n) is 2.29. The van der Waals surface area contributed by atoms with Gasteiger partial charge in [0.1, 0.15) is 4.90 Å². The molecule has 3 aromatic rings. The summed E-state index contributed by atoms with van der Waals surface area (Å²) in [4.78, 5) is 3.16. The van der Waals surface area contributed by atoms with Gasteiger partial charge in [-0.2, -0.15) is 0 Å². The van der Waals surface area contributed by atoms with Gasteiger partial charge in [-0.25, -0.2) is 21.6 Å². The number of hydrogen-bond donors (Lipinski definition) is 1. The molecule has 0 aliphatic rings. The minimum Gasteiger partial charge on any atom is -0.280 e. The van der Waals surface area contributed by atoms with Gasteiger partial charge in [0.15, 0.2) is 17.5 Å². The highest BCUT2D eigenvalue weighted by Gasteiger charge is 2.24. The van der Waals surface area contributed by atoms with E-state index >= 15 is 0 Å². The second-order valence-corrected chi connectivity index (χ2v) is 7.14. The molecule has 0 amide bonds. The average molecular weight is 390 g/mol. The van der Waals surface area contributed by atoms with Crippen LogP contribution in [0.3, 0.4) is 0 Å². The Morgan fingerprint density at radius 2 is 1.70 bits per heavy atom. The van der Waals surface area contributed by atoms with Crippen LogP contribution in [-0.2, 0) is 10.0 Å². The van der Waals surface area contributed by atoms with E-state index in [0.29, 0.717) is 23.4 Å². The van der Waals surface area contributed by atoms with E-state index in [1.807, 2.05) is 6.07 Å². The molecule has 0 aliphatic carbocycles. The lowest BCUT2D eigenvalue weighted by molar-refractivity contribution is 0.432. The molecule has 0 radical (unpaired) electrons. The zero-order chi connectivity index (χ0) is 19.4. The number of aromatic nitrogens is 1. The van der Waals surface area contributed by atoms with E-state index in [1.165, 1.54) is 12.1 Å². The lowest BCUT2D eigenvalue weighted by Gasteiger charge is -2.10. The maximum Gasteiger partial charge on any atom is 0.264 e. The molecule has 0 aliphatic heterocycles. The number of rotatable bonds is 5. The van der Waals surface area contributed by atoms with Crippen molar-refractivity contribution in [2.45, 2.75) is 4.90 Å². The number of nitrogens with zero attached hydrogens (tertiary/aromatic N) is 1. The van der Waals surface area contributed by atoms with Crippen LogP contribution in [0.5, 0.6) is 0 Å². The van der Waals surface area contributed by atoms with Crippen molar-refractivity contribution < 1.29 is 21.6 Å². The third-order valence-electron chi connectivity index (χ3n) is 3.56. The van der Waals surface area contributed by atoms with Crippen molar-refractivity contribution in [2.75, 3.05) is 4.72 Å². The normalized spacial score (nSPS) is 11.7. The molecule has 2 aromatic carbocycles. The standard InChI is InChI=1S/C19H13F3N2O2S/c20-16-9-10-17(19(22)18(16)21)27(25,26)24-15-6-3-4-13(12-15)7-8-14-5-1-2-11-23-14/h1-12,24H. The first kappa shape index (κ1) is 18.7. The summed E-state index contributed by atoms with van der Waals surface area (Å²) < 4.78 is 66.9. The van der Waals surface area contributed by atoms with Crippen LogP contribution < -0.4 is 4.72 Å². The first-order valence-corrected chi connectivity index (χ1v) is 9.20. The van der Waals surface area contributed by atoms with E-state index in [1.54, 1.807) is 42.6 Å². The van der Waals surface area contributed by atoms with Gasteiger partial charge in [-0.3, -0.25) is 9.71 Å². The third-order valence-corrected chi connectivity index (χ3v) is 4.96. The van der Waals surface area contributed by atoms with Crippen molar-refractivity contribution >= 4 is 27.9 Å². The van der Waals surface area contributed by atoms with Gasteiger partial charge in [0.2, 0.25) is 0 Å². The zero-order valence-electron chi connectivity index (χ0n) is 13.7. The van der Waals surface area contributed by atoms with Gasteiger partial charge in [0.05, 0.1) is 5.69 Å². The summed E-state index contributed by atoms with van der Waals surface area (Å²) in [6.45, 7) is 0. The number of nitrogens with one attached hydrogen (secondary N) is 1. The molecule has 0 atom stereocenters. The number of halogens is 3. The highest BCUT2D eigenvalue weighted by Crippen LogP contribution is 2.23. The molecule has 8 heteroatoms. The van der Waals surface area contributed by atoms with Crippen molar-refractivity contribution in [1.29, 1.82) is 0 Å². The molecule has 1 N–H and O–H groups in total. The van der Waals surface area contributed by atoms with Crippen LogP contribution in [0.2, 0.25) is 0 Å². The Morgan fingerprint density at radius 3 is 2.44 bits per heavy atom. The number of sulfonamides is 1. The van der Waals surface area contributed by atoms with Crippen LogP contribution in [0, 0.1) is 17.5 Å². The number of benzene rings is 2. The molecule has 0 saturated heterocycles. The quantitative estimate of drug-likeness (QED) is 0.654. The zero-order valence-corrected chi connectivity index (χ0v) is 14.6. The first-order chi connectivity index (χ1) is 12.9. The number of anilines is 1. The molecule has 27 heavy (non-hydrogen) atoms. The molecule has 1 heterocycles. The molecule has 0 unspecified atom stereocenters. The van der Waals surface area contributed by atoms with Crippen molar-refractivity contribution in [3.8, 4) is 0 Å². The Labute approximate surface area is 154 Å². The Kier molecular flexibility index (Phi) is 5.27. The summed E-state index contributed by atoms with van der Waals surface area (Å²) in [6.07, 6.45) is 5.10. The van der Waals surface area contributed by atoms with Gasteiger partial charge >= 0.3 is 0 Å². The van der Waals surface area contributed by atoms with E-state index in [0.717, 1.165) is 0 Å². The fourth-order valence-corrected chi connectivity index (χ4v) is 3.41. The van der Waals surface area contributed by atoms with E-state index in [2.05, 4.69) is 9.71 Å². The number of hydrogen-bond acceptors (Lipinski definition) is 3. The molecule has 3 rings (SSSR count). The van der Waals surface area contributed by atoms with Crippen molar-refractivity contribution in [1.82, 2.24) is 4.98 Å². The monoisotopic (exact) mass is 390 g/mol. The first-order valence-electron chi connectivity index (χ1n) is 7.72. The predicted molar refractivity (Wildman–Crippen MR) is 96.7 cm³/mol. The Balaban J connectivity index is 1.86. The Morgan fingerprint density at radius 1 is 0.889 bits per heavy atom. The largest absolute Gasteiger partial charge is 0.280 e. The molecular formula is C19H13F3N2O2S. The van der Waals surface area contributed by atoms with Crippen LogP contribution in [0.25, 0.3) is 12.2 Å². The Hall–Kier alpha value is -3.13. The summed E-state index contributed by atoms with van der Waals surface area (Å²) in [5.41, 5.74) is 1.52. The molecule has 0 saturated carbocycles. The van der Waals surface area contributed by atoms with Gasteiger partial charge in [-0.15, -0.1) is 0 Å². The summed E-state index contributed by atoms with van der Waals surface area (Å²) >= 11 is 0. The van der Waals surface area contributed by atoms with Gasteiger partial charge in [-0.05, 0) is 48.0 Å². The molecular weight excluding hydrogens is 377 g/mol. The van der Waals surface area contributed by atoms with Crippen LogP contribution in [0.15, 0.2) is 65.7 Å². The number of pyridine rings is 1. The summed E-state index contributed by atoms with van der Waals surface area (Å²) in [5.74, 6) is -5.08. The molecule has 1 aromatic heterocycles. The molecule has 0 bridgehead atoms. The van der Waals surface area contributed by atoms with E-state index in [4.69, 9.17) is 0 Å². The second kappa shape index (κ2) is 7.63. The maximum atomic E-state index is 13.8. The van der Waals surface area contributed by atoms with E-state index in [-0.39, 0.29) is 5.69 Å². The summed E-state index contributed by atoms with van der Waals surface area (Å²) in [7, 11) is -4.44. The van der Waals surface area contributed by atoms with E-state index in [9.17, 15) is 21.6 Å². The van der Waals surface area contributed by atoms with Gasteiger partial charge in [-0.1, -0.05) is 24.3 Å². The predicted octanol–water partition coefficient (Wildman–Crippen LogP) is 4.47. The minimum absolute atomic E-state index is 0.141. The average Bonchev–Trinajstić information content (AvgIpc) is 2.65. The van der Waals surface area contributed by atoms with Crippen molar-refractivity contribution in [2.24, 2.45) is 0 Å². The van der Waals surface area contributed by atoms with Crippen molar-refractivity contribution in [3.05, 3.63) is 89.5 Å². The van der Waals surface area contributed by atoms with Gasteiger partial charge in [0, 0.05) is 11.9 Å². The summed E-state index contributed by atoms with van der Waals surface area (Å²) in [5, 5.41) is 0. The van der Waals surface area contributed by atoms with Crippen LogP contribution in [-0.4, -0.2) is 13.4 Å². The van der Waals surface area contributed by atoms with Gasteiger partial charge in [0.25, 0.3) is 10.0 Å². The fraction of sp³-hybridized carbons (Fsp3) is 0. The van der Waals surface area contributed by atoms with Crippen molar-refractivity contribution in [3.63, 3.8) is 0 Å². The molecule has 0 spiro atoms. The second-order valence-electron chi connectivity index (χ2n) is 5.49. The highest BCUT2D eigenvalue weighted by atomic mass is 32.2.